The van der Waals surface area contributed by atoms with Crippen molar-refractivity contribution in [1.82, 2.24) is 4.90 Å². The molecular weight excluding hydrogens is 417 g/mol. The first-order chi connectivity index (χ1) is 14.3. The number of esters is 1. The van der Waals surface area contributed by atoms with Crippen molar-refractivity contribution in [1.29, 1.82) is 0 Å². The van der Waals surface area contributed by atoms with E-state index in [4.69, 9.17) is 4.74 Å². The van der Waals surface area contributed by atoms with Gasteiger partial charge in [-0.25, -0.2) is 4.39 Å². The minimum atomic E-state index is -3.74. The molecule has 0 unspecified atom stereocenters. The predicted molar refractivity (Wildman–Crippen MR) is 103 cm³/mol. The van der Waals surface area contributed by atoms with Gasteiger partial charge in [-0.15, -0.1) is 4.40 Å². The Bertz CT molecular complexity index is 1170. The molecule has 30 heavy (non-hydrogen) atoms. The summed E-state index contributed by atoms with van der Waals surface area (Å²) in [6.45, 7) is 0.710. The number of likely N-dealkylation sites (tertiary alicyclic amines) is 1. The van der Waals surface area contributed by atoms with Gasteiger partial charge in [0.2, 0.25) is 5.75 Å². The second-order valence-corrected chi connectivity index (χ2v) is 8.51. The molecule has 1 saturated heterocycles. The number of piperidine rings is 1. The van der Waals surface area contributed by atoms with E-state index >= 15 is 0 Å². The van der Waals surface area contributed by atoms with Gasteiger partial charge in [0.1, 0.15) is 10.7 Å². The molecule has 0 aromatic heterocycles. The van der Waals surface area contributed by atoms with Gasteiger partial charge in [-0.3, -0.25) is 14.9 Å². The third kappa shape index (κ3) is 3.63. The Labute approximate surface area is 171 Å². The van der Waals surface area contributed by atoms with Crippen molar-refractivity contribution in [3.8, 4) is 5.75 Å². The number of halogens is 1. The van der Waals surface area contributed by atoms with E-state index in [1.54, 1.807) is 23.1 Å². The Morgan fingerprint density at radius 3 is 2.60 bits per heavy atom. The SMILES string of the molecule is O=C(Oc1cc(F)ccc1[N+](=O)[O-])C1CCN(C2=NS(=O)(=O)c3ccccc32)CC1. The lowest BCUT2D eigenvalue weighted by Gasteiger charge is -2.32. The predicted octanol–water partition coefficient (Wildman–Crippen LogP) is 2.50. The number of hydrogen-bond acceptors (Lipinski definition) is 7. The molecule has 0 bridgehead atoms. The molecule has 0 saturated carbocycles. The fourth-order valence-electron chi connectivity index (χ4n) is 3.56. The van der Waals surface area contributed by atoms with Crippen LogP contribution in [0.3, 0.4) is 0 Å². The Morgan fingerprint density at radius 2 is 1.90 bits per heavy atom. The highest BCUT2D eigenvalue weighted by molar-refractivity contribution is 7.90. The van der Waals surface area contributed by atoms with Crippen LogP contribution in [0.4, 0.5) is 10.1 Å². The minimum absolute atomic E-state index is 0.153. The van der Waals surface area contributed by atoms with Crippen LogP contribution in [0.25, 0.3) is 0 Å². The van der Waals surface area contributed by atoms with E-state index in [-0.39, 0.29) is 4.90 Å². The van der Waals surface area contributed by atoms with Crippen LogP contribution < -0.4 is 4.74 Å². The topological polar surface area (TPSA) is 119 Å². The lowest BCUT2D eigenvalue weighted by molar-refractivity contribution is -0.385. The summed E-state index contributed by atoms with van der Waals surface area (Å²) in [6.07, 6.45) is 0.673. The largest absolute Gasteiger partial charge is 0.419 e. The highest BCUT2D eigenvalue weighted by Gasteiger charge is 2.35. The van der Waals surface area contributed by atoms with Crippen LogP contribution in [-0.2, 0) is 14.8 Å². The number of nitrogens with zero attached hydrogens (tertiary/aromatic N) is 3. The van der Waals surface area contributed by atoms with Crippen molar-refractivity contribution >= 4 is 27.5 Å². The molecule has 0 spiro atoms. The molecular formula is C19H16FN3O6S. The van der Waals surface area contributed by atoms with Crippen molar-refractivity contribution in [2.75, 3.05) is 13.1 Å². The zero-order valence-corrected chi connectivity index (χ0v) is 16.3. The molecule has 2 heterocycles. The molecule has 4 rings (SSSR count). The molecule has 0 atom stereocenters. The van der Waals surface area contributed by atoms with Crippen LogP contribution in [-0.4, -0.2) is 43.1 Å². The molecule has 156 valence electrons. The Morgan fingerprint density at radius 1 is 1.20 bits per heavy atom. The zero-order valence-electron chi connectivity index (χ0n) is 15.5. The summed E-state index contributed by atoms with van der Waals surface area (Å²) in [4.78, 5) is 24.7. The Kier molecular flexibility index (Phi) is 4.98. The Hall–Kier alpha value is -3.34. The fraction of sp³-hybridized carbons (Fsp3) is 0.263. The van der Waals surface area contributed by atoms with Crippen molar-refractivity contribution in [3.63, 3.8) is 0 Å². The van der Waals surface area contributed by atoms with Gasteiger partial charge in [0.15, 0.2) is 5.84 Å². The van der Waals surface area contributed by atoms with Crippen LogP contribution >= 0.6 is 0 Å². The number of carbonyl (C=O) groups excluding carboxylic acids is 1. The number of amidine groups is 1. The average Bonchev–Trinajstić information content (AvgIpc) is 2.99. The number of sulfonamides is 1. The molecule has 1 fully saturated rings. The standard InChI is InChI=1S/C19H16FN3O6S/c20-13-5-6-15(23(25)26)16(11-13)29-19(24)12-7-9-22(10-8-12)18-14-3-1-2-4-17(14)30(27,28)21-18/h1-6,11-12H,7-10H2. The Balaban J connectivity index is 1.45. The molecule has 2 aromatic carbocycles. The maximum absolute atomic E-state index is 13.4. The van der Waals surface area contributed by atoms with Gasteiger partial charge in [-0.2, -0.15) is 8.42 Å². The van der Waals surface area contributed by atoms with Crippen LogP contribution in [0.15, 0.2) is 51.8 Å². The van der Waals surface area contributed by atoms with Gasteiger partial charge in [0, 0.05) is 30.8 Å². The van der Waals surface area contributed by atoms with Gasteiger partial charge >= 0.3 is 11.7 Å². The summed E-state index contributed by atoms with van der Waals surface area (Å²) >= 11 is 0. The number of ether oxygens (including phenoxy) is 1. The summed E-state index contributed by atoms with van der Waals surface area (Å²) < 4.78 is 46.9. The van der Waals surface area contributed by atoms with E-state index in [9.17, 15) is 27.7 Å². The number of nitro groups is 1. The van der Waals surface area contributed by atoms with Crippen molar-refractivity contribution in [3.05, 3.63) is 64.0 Å². The maximum Gasteiger partial charge on any atom is 0.314 e. The van der Waals surface area contributed by atoms with E-state index in [2.05, 4.69) is 4.40 Å². The van der Waals surface area contributed by atoms with Gasteiger partial charge in [0.25, 0.3) is 10.0 Å². The highest BCUT2D eigenvalue weighted by Crippen LogP contribution is 2.32. The number of rotatable bonds is 3. The maximum atomic E-state index is 13.4. The average molecular weight is 433 g/mol. The lowest BCUT2D eigenvalue weighted by Crippen LogP contribution is -2.41. The molecule has 0 aliphatic carbocycles. The smallest absolute Gasteiger partial charge is 0.314 e. The van der Waals surface area contributed by atoms with Crippen LogP contribution in [0.1, 0.15) is 18.4 Å². The second kappa shape index (κ2) is 7.48. The highest BCUT2D eigenvalue weighted by atomic mass is 32.2. The van der Waals surface area contributed by atoms with E-state index in [0.717, 1.165) is 18.2 Å². The van der Waals surface area contributed by atoms with E-state index in [1.807, 2.05) is 0 Å². The summed E-state index contributed by atoms with van der Waals surface area (Å²) in [5.74, 6) is -2.09. The van der Waals surface area contributed by atoms with E-state index in [0.29, 0.717) is 37.3 Å². The van der Waals surface area contributed by atoms with Gasteiger partial charge < -0.3 is 9.64 Å². The zero-order chi connectivity index (χ0) is 21.5. The summed E-state index contributed by atoms with van der Waals surface area (Å²) in [7, 11) is -3.74. The first-order valence-electron chi connectivity index (χ1n) is 9.11. The van der Waals surface area contributed by atoms with Gasteiger partial charge in [-0.1, -0.05) is 12.1 Å². The van der Waals surface area contributed by atoms with E-state index < -0.39 is 44.1 Å². The first-order valence-corrected chi connectivity index (χ1v) is 10.6. The monoisotopic (exact) mass is 433 g/mol. The van der Waals surface area contributed by atoms with Crippen LogP contribution in [0, 0.1) is 21.8 Å². The third-order valence-electron chi connectivity index (χ3n) is 5.07. The normalized spacial score (nSPS) is 17.9. The van der Waals surface area contributed by atoms with Crippen molar-refractivity contribution < 1.29 is 27.3 Å². The van der Waals surface area contributed by atoms with Crippen LogP contribution in [0.5, 0.6) is 5.75 Å². The molecule has 0 radical (unpaired) electrons. The molecule has 2 aliphatic rings. The summed E-state index contributed by atoms with van der Waals surface area (Å²) in [6, 6.07) is 9.20. The number of fused-ring (bicyclic) bond motifs is 1. The van der Waals surface area contributed by atoms with Crippen molar-refractivity contribution in [2.24, 2.45) is 10.3 Å². The number of carbonyl (C=O) groups is 1. The minimum Gasteiger partial charge on any atom is -0.419 e. The quantitative estimate of drug-likeness (QED) is 0.316. The van der Waals surface area contributed by atoms with Crippen LogP contribution in [0.2, 0.25) is 0 Å². The number of benzene rings is 2. The molecule has 9 nitrogen and oxygen atoms in total. The third-order valence-corrected chi connectivity index (χ3v) is 6.39. The fourth-order valence-corrected chi connectivity index (χ4v) is 4.78. The number of hydrogen-bond donors (Lipinski definition) is 0. The number of nitro benzene ring substituents is 1. The molecule has 2 aromatic rings. The molecule has 0 N–H and O–H groups in total. The molecule has 0 amide bonds. The molecule has 11 heteroatoms. The first kappa shape index (κ1) is 20.0. The van der Waals surface area contributed by atoms with Gasteiger partial charge in [-0.05, 0) is 31.0 Å². The second-order valence-electron chi connectivity index (χ2n) is 6.94. The lowest BCUT2D eigenvalue weighted by atomic mass is 9.96. The molecule has 2 aliphatic heterocycles. The van der Waals surface area contributed by atoms with E-state index in [1.165, 1.54) is 6.07 Å². The summed E-state index contributed by atoms with van der Waals surface area (Å²) in [5, 5.41) is 11.1. The van der Waals surface area contributed by atoms with Crippen molar-refractivity contribution in [2.45, 2.75) is 17.7 Å². The summed E-state index contributed by atoms with van der Waals surface area (Å²) in [5.41, 5.74) is 0.0261. The van der Waals surface area contributed by atoms with Gasteiger partial charge in [0.05, 0.1) is 10.8 Å².